The minimum Gasteiger partial charge on any atom is -0.493 e. The molecule has 6 nitrogen and oxygen atoms in total. The fourth-order valence-corrected chi connectivity index (χ4v) is 4.33. The van der Waals surface area contributed by atoms with Gasteiger partial charge in [-0.05, 0) is 38.1 Å². The summed E-state index contributed by atoms with van der Waals surface area (Å²) in [6, 6.07) is 6.71. The van der Waals surface area contributed by atoms with Gasteiger partial charge in [0.15, 0.2) is 4.34 Å². The summed E-state index contributed by atoms with van der Waals surface area (Å²) >= 11 is 2.59. The predicted molar refractivity (Wildman–Crippen MR) is 116 cm³/mol. The molecule has 0 aliphatic rings. The largest absolute Gasteiger partial charge is 0.493 e. The zero-order valence-corrected chi connectivity index (χ0v) is 18.5. The Hall–Kier alpha value is -2.53. The first-order valence-electron chi connectivity index (χ1n) is 9.11. The Bertz CT molecular complexity index is 939. The number of carbonyl (C=O) groups is 1. The van der Waals surface area contributed by atoms with E-state index in [-0.39, 0.29) is 5.84 Å². The number of benzene rings is 1. The third-order valence-electron chi connectivity index (χ3n) is 3.83. The summed E-state index contributed by atoms with van der Waals surface area (Å²) in [5.41, 5.74) is 7.14. The first-order valence-corrected chi connectivity index (χ1v) is 10.8. The van der Waals surface area contributed by atoms with Crippen molar-refractivity contribution in [3.8, 4) is 5.75 Å². The van der Waals surface area contributed by atoms with Crippen molar-refractivity contribution < 1.29 is 27.8 Å². The normalized spacial score (nSPS) is 13.0. The Labute approximate surface area is 186 Å². The van der Waals surface area contributed by atoms with Crippen molar-refractivity contribution in [1.82, 2.24) is 4.98 Å². The van der Waals surface area contributed by atoms with Gasteiger partial charge in [-0.2, -0.15) is 13.2 Å². The van der Waals surface area contributed by atoms with Crippen LogP contribution in [0.3, 0.4) is 0 Å². The monoisotopic (exact) mass is 473 g/mol. The molecule has 1 heterocycles. The molecule has 3 N–H and O–H groups in total. The highest BCUT2D eigenvalue weighted by atomic mass is 32.2. The van der Waals surface area contributed by atoms with Crippen LogP contribution in [-0.2, 0) is 11.2 Å². The summed E-state index contributed by atoms with van der Waals surface area (Å²) in [5, 5.41) is 11.1. The summed E-state index contributed by atoms with van der Waals surface area (Å²) in [7, 11) is 0. The molecule has 0 saturated heterocycles. The summed E-state index contributed by atoms with van der Waals surface area (Å²) in [5.74, 6) is -0.202. The van der Waals surface area contributed by atoms with Crippen LogP contribution in [0.2, 0.25) is 0 Å². The van der Waals surface area contributed by atoms with Gasteiger partial charge in [-0.15, -0.1) is 11.3 Å². The van der Waals surface area contributed by atoms with E-state index in [0.29, 0.717) is 28.7 Å². The number of halogens is 3. The average Bonchev–Trinajstić information content (AvgIpc) is 3.11. The first kappa shape index (κ1) is 24.7. The molecule has 0 unspecified atom stereocenters. The van der Waals surface area contributed by atoms with E-state index < -0.39 is 23.3 Å². The number of carboxylic acids is 1. The summed E-state index contributed by atoms with van der Waals surface area (Å²) < 4.78 is 41.7. The number of aliphatic carboxylic acids is 1. The van der Waals surface area contributed by atoms with E-state index in [4.69, 9.17) is 10.5 Å². The van der Waals surface area contributed by atoms with Crippen molar-refractivity contribution in [2.24, 2.45) is 10.7 Å². The van der Waals surface area contributed by atoms with E-state index in [9.17, 15) is 23.1 Å². The number of thioether (sulfide) groups is 1. The number of rotatable bonds is 10. The lowest BCUT2D eigenvalue weighted by molar-refractivity contribution is -0.138. The van der Waals surface area contributed by atoms with E-state index in [1.807, 2.05) is 5.38 Å². The molecular formula is C20H22F3N3O3S2. The maximum Gasteiger partial charge on any atom is 0.392 e. The number of allylic oxidation sites excluding steroid dienone is 1. The SMILES string of the molecule is CC(C)(Sc1nc(CCOc2ccc(C(N)=N/C=C\CC(F)(F)F)cc2)cs1)C(=O)O. The number of carboxylic acid groups (broad SMARTS) is 1. The van der Waals surface area contributed by atoms with Crippen LogP contribution in [0.15, 0.2) is 51.3 Å². The fourth-order valence-electron chi connectivity index (χ4n) is 2.10. The second-order valence-corrected chi connectivity index (χ2v) is 9.59. The van der Waals surface area contributed by atoms with Crippen molar-refractivity contribution >= 4 is 34.9 Å². The number of nitrogens with two attached hydrogens (primary N) is 1. The quantitative estimate of drug-likeness (QED) is 0.290. The number of aromatic nitrogens is 1. The minimum absolute atomic E-state index is 0.0989. The van der Waals surface area contributed by atoms with E-state index in [1.54, 1.807) is 38.1 Å². The Kier molecular flexibility index (Phi) is 8.52. The van der Waals surface area contributed by atoms with Crippen LogP contribution in [0, 0.1) is 0 Å². The summed E-state index contributed by atoms with van der Waals surface area (Å²) in [6.45, 7) is 3.63. The van der Waals surface area contributed by atoms with Gasteiger partial charge in [0.1, 0.15) is 16.3 Å². The molecule has 1 aromatic heterocycles. The van der Waals surface area contributed by atoms with Crippen molar-refractivity contribution in [2.75, 3.05) is 6.61 Å². The molecule has 1 aromatic carbocycles. The number of thiazole rings is 1. The van der Waals surface area contributed by atoms with Gasteiger partial charge in [-0.1, -0.05) is 17.8 Å². The molecule has 31 heavy (non-hydrogen) atoms. The molecule has 0 radical (unpaired) electrons. The highest BCUT2D eigenvalue weighted by Gasteiger charge is 2.29. The Morgan fingerprint density at radius 1 is 1.32 bits per heavy atom. The molecule has 0 spiro atoms. The Balaban J connectivity index is 1.83. The van der Waals surface area contributed by atoms with Gasteiger partial charge in [0.2, 0.25) is 0 Å². The zero-order valence-electron chi connectivity index (χ0n) is 16.8. The van der Waals surface area contributed by atoms with Crippen LogP contribution in [0.1, 0.15) is 31.5 Å². The standard InChI is InChI=1S/C20H22F3N3O3S2/c1-19(2,17(27)28)31-18-26-14(12-30-18)8-11-29-15-6-4-13(5-7-15)16(24)25-10-3-9-20(21,22)23/h3-7,10,12H,8-9,11H2,1-2H3,(H2,24,25)(H,27,28)/b10-3-. The van der Waals surface area contributed by atoms with E-state index in [1.165, 1.54) is 23.1 Å². The summed E-state index contributed by atoms with van der Waals surface area (Å²) in [4.78, 5) is 19.4. The number of aliphatic imine (C=N–C) groups is 1. The lowest BCUT2D eigenvalue weighted by atomic mass is 10.2. The van der Waals surface area contributed by atoms with Crippen molar-refractivity contribution in [3.63, 3.8) is 0 Å². The Morgan fingerprint density at radius 3 is 2.61 bits per heavy atom. The molecule has 0 fully saturated rings. The topological polar surface area (TPSA) is 97.8 Å². The van der Waals surface area contributed by atoms with E-state index in [2.05, 4.69) is 9.98 Å². The summed E-state index contributed by atoms with van der Waals surface area (Å²) in [6.07, 6.45) is -2.85. The third kappa shape index (κ3) is 8.62. The van der Waals surface area contributed by atoms with Crippen LogP contribution < -0.4 is 10.5 Å². The number of amidine groups is 1. The van der Waals surface area contributed by atoms with E-state index in [0.717, 1.165) is 18.0 Å². The van der Waals surface area contributed by atoms with Gasteiger partial charge in [-0.3, -0.25) is 4.79 Å². The van der Waals surface area contributed by atoms with Crippen LogP contribution in [0.4, 0.5) is 13.2 Å². The van der Waals surface area contributed by atoms with Gasteiger partial charge in [-0.25, -0.2) is 9.98 Å². The average molecular weight is 474 g/mol. The number of alkyl halides is 3. The molecule has 0 atom stereocenters. The zero-order chi connectivity index (χ0) is 23.1. The predicted octanol–water partition coefficient (Wildman–Crippen LogP) is 4.89. The smallest absolute Gasteiger partial charge is 0.392 e. The first-order chi connectivity index (χ1) is 14.5. The number of nitrogens with zero attached hydrogens (tertiary/aromatic N) is 2. The molecule has 168 valence electrons. The van der Waals surface area contributed by atoms with Crippen LogP contribution in [0.5, 0.6) is 5.75 Å². The van der Waals surface area contributed by atoms with Crippen LogP contribution in [0.25, 0.3) is 0 Å². The van der Waals surface area contributed by atoms with Crippen molar-refractivity contribution in [1.29, 1.82) is 0 Å². The van der Waals surface area contributed by atoms with Gasteiger partial charge in [0.25, 0.3) is 0 Å². The lowest BCUT2D eigenvalue weighted by Crippen LogP contribution is -2.26. The van der Waals surface area contributed by atoms with Crippen molar-refractivity contribution in [2.45, 2.75) is 42.0 Å². The molecular weight excluding hydrogens is 451 g/mol. The number of hydrogen-bond acceptors (Lipinski definition) is 6. The fraction of sp³-hybridized carbons (Fsp3) is 0.350. The molecule has 11 heteroatoms. The molecule has 0 aliphatic heterocycles. The molecule has 2 aromatic rings. The number of hydrogen-bond donors (Lipinski definition) is 2. The second-order valence-electron chi connectivity index (χ2n) is 6.86. The number of ether oxygens (including phenoxy) is 1. The lowest BCUT2D eigenvalue weighted by Gasteiger charge is -2.15. The van der Waals surface area contributed by atoms with Gasteiger partial charge >= 0.3 is 12.1 Å². The molecule has 0 saturated carbocycles. The molecule has 0 bridgehead atoms. The maximum absolute atomic E-state index is 12.1. The highest BCUT2D eigenvalue weighted by Crippen LogP contribution is 2.34. The van der Waals surface area contributed by atoms with Crippen LogP contribution in [-0.4, -0.2) is 39.4 Å². The minimum atomic E-state index is -4.27. The molecule has 2 rings (SSSR count). The highest BCUT2D eigenvalue weighted by molar-refractivity contribution is 8.02. The van der Waals surface area contributed by atoms with Crippen molar-refractivity contribution in [3.05, 3.63) is 53.2 Å². The van der Waals surface area contributed by atoms with E-state index >= 15 is 0 Å². The second kappa shape index (κ2) is 10.7. The van der Waals surface area contributed by atoms with Gasteiger partial charge < -0.3 is 15.6 Å². The third-order valence-corrected chi connectivity index (χ3v) is 6.01. The maximum atomic E-state index is 12.1. The molecule has 0 aliphatic carbocycles. The van der Waals surface area contributed by atoms with Gasteiger partial charge in [0.05, 0.1) is 18.7 Å². The molecule has 0 amide bonds. The van der Waals surface area contributed by atoms with Gasteiger partial charge in [0, 0.05) is 23.6 Å². The van der Waals surface area contributed by atoms with Crippen LogP contribution >= 0.6 is 23.1 Å². The Morgan fingerprint density at radius 2 is 2.00 bits per heavy atom.